The number of hydrogen-bond donors (Lipinski definition) is 2. The van der Waals surface area contributed by atoms with Gasteiger partial charge in [-0.3, -0.25) is 19.4 Å². The molecular weight excluding hydrogens is 448 g/mol. The first-order valence-corrected chi connectivity index (χ1v) is 11.0. The highest BCUT2D eigenvalue weighted by Crippen LogP contribution is 2.46. The summed E-state index contributed by atoms with van der Waals surface area (Å²) in [7, 11) is 4.13. The average molecular weight is 477 g/mol. The third kappa shape index (κ3) is 4.87. The molecule has 10 nitrogen and oxygen atoms in total. The molecule has 0 unspecified atom stereocenters. The Kier molecular flexibility index (Phi) is 7.42. The number of amides is 4. The molecule has 0 spiro atoms. The molecule has 1 aromatic carbocycles. The molecule has 1 saturated heterocycles. The number of nitrogens with one attached hydrogen (secondary N) is 2. The molecule has 11 heteroatoms. The summed E-state index contributed by atoms with van der Waals surface area (Å²) in [5.74, 6) is -0.134. The lowest BCUT2D eigenvalue weighted by molar-refractivity contribution is -0.134. The van der Waals surface area contributed by atoms with Crippen molar-refractivity contribution in [2.45, 2.75) is 32.7 Å². The van der Waals surface area contributed by atoms with Crippen LogP contribution in [0.15, 0.2) is 11.6 Å². The molecule has 0 bridgehead atoms. The smallest absolute Gasteiger partial charge is 0.333 e. The first-order valence-electron chi connectivity index (χ1n) is 10.5. The zero-order valence-corrected chi connectivity index (χ0v) is 20.1. The van der Waals surface area contributed by atoms with Gasteiger partial charge in [0.25, 0.3) is 11.8 Å². The minimum atomic E-state index is -0.689. The topological polar surface area (TPSA) is 109 Å². The number of barbiturate groups is 1. The lowest BCUT2D eigenvalue weighted by Crippen LogP contribution is -2.52. The van der Waals surface area contributed by atoms with E-state index >= 15 is 0 Å². The summed E-state index contributed by atoms with van der Waals surface area (Å²) < 4.78 is 16.7. The van der Waals surface area contributed by atoms with Crippen molar-refractivity contribution in [1.29, 1.82) is 0 Å². The van der Waals surface area contributed by atoms with Gasteiger partial charge in [0.1, 0.15) is 5.57 Å². The Balaban J connectivity index is 1.97. The first kappa shape index (κ1) is 24.3. The lowest BCUT2D eigenvalue weighted by Gasteiger charge is -2.29. The number of ether oxygens (including phenoxy) is 3. The van der Waals surface area contributed by atoms with E-state index in [2.05, 4.69) is 17.6 Å². The van der Waals surface area contributed by atoms with E-state index in [9.17, 15) is 14.4 Å². The first-order chi connectivity index (χ1) is 15.7. The van der Waals surface area contributed by atoms with Gasteiger partial charge in [-0.2, -0.15) is 0 Å². The Morgan fingerprint density at radius 1 is 1.24 bits per heavy atom. The number of urea groups is 1. The molecule has 1 aromatic rings. The normalized spacial score (nSPS) is 16.2. The summed E-state index contributed by atoms with van der Waals surface area (Å²) in [4.78, 5) is 39.3. The molecule has 0 aliphatic carbocycles. The van der Waals surface area contributed by atoms with Gasteiger partial charge in [-0.1, -0.05) is 6.92 Å². The molecule has 2 heterocycles. The summed E-state index contributed by atoms with van der Waals surface area (Å²) >= 11 is 5.34. The van der Waals surface area contributed by atoms with Crippen LogP contribution in [0.1, 0.15) is 31.4 Å². The highest BCUT2D eigenvalue weighted by molar-refractivity contribution is 7.80. The number of fused-ring (bicyclic) bond motifs is 1. The number of likely N-dealkylation sites (N-methyl/N-ethyl adjacent to an activating group) is 2. The van der Waals surface area contributed by atoms with Crippen LogP contribution in [0, 0.1) is 0 Å². The van der Waals surface area contributed by atoms with Crippen LogP contribution >= 0.6 is 12.2 Å². The second-order valence-electron chi connectivity index (χ2n) is 7.74. The van der Waals surface area contributed by atoms with Gasteiger partial charge in [-0.15, -0.1) is 0 Å². The average Bonchev–Trinajstić information content (AvgIpc) is 3.27. The third-order valence-corrected chi connectivity index (χ3v) is 5.81. The number of thiocarbonyl (C=S) groups is 1. The van der Waals surface area contributed by atoms with Crippen LogP contribution < -0.4 is 24.8 Å². The van der Waals surface area contributed by atoms with Crippen LogP contribution in [0.4, 0.5) is 4.79 Å². The molecule has 0 saturated carbocycles. The molecule has 2 aliphatic rings. The highest BCUT2D eigenvalue weighted by atomic mass is 32.1. The summed E-state index contributed by atoms with van der Waals surface area (Å²) in [6.45, 7) is 4.62. The number of hydrogen-bond acceptors (Lipinski definition) is 7. The highest BCUT2D eigenvalue weighted by Gasteiger charge is 2.38. The number of benzene rings is 1. The molecule has 2 N–H and O–H groups in total. The van der Waals surface area contributed by atoms with Gasteiger partial charge in [0, 0.05) is 32.2 Å². The fraction of sp³-hybridized carbons (Fsp3) is 0.455. The van der Waals surface area contributed by atoms with Gasteiger partial charge in [0.2, 0.25) is 12.5 Å². The third-order valence-electron chi connectivity index (χ3n) is 5.55. The van der Waals surface area contributed by atoms with Crippen molar-refractivity contribution in [1.82, 2.24) is 20.4 Å². The Bertz CT molecular complexity index is 999. The van der Waals surface area contributed by atoms with Crippen molar-refractivity contribution >= 4 is 41.3 Å². The quantitative estimate of drug-likeness (QED) is 0.345. The predicted octanol–water partition coefficient (Wildman–Crippen LogP) is 1.66. The van der Waals surface area contributed by atoms with Crippen molar-refractivity contribution in [3.05, 3.63) is 22.8 Å². The fourth-order valence-corrected chi connectivity index (χ4v) is 3.76. The standard InChI is InChI=1S/C22H28N4O6S/c1-6-12(2)24-21(33)23-8-7-13-9-16-18(32-11-31-16)17(30-5)14(13)10-15-19(27)25(3)22(29)26(4)20(15)28/h9-10,12H,6-8,11H2,1-5H3,(H2,23,24,33)/t12-/m1/s1. The molecule has 4 amide bonds. The van der Waals surface area contributed by atoms with E-state index in [1.807, 2.05) is 6.92 Å². The molecule has 1 fully saturated rings. The second kappa shape index (κ2) is 10.1. The summed E-state index contributed by atoms with van der Waals surface area (Å²) in [5, 5.41) is 6.89. The Morgan fingerprint density at radius 3 is 2.52 bits per heavy atom. The zero-order chi connectivity index (χ0) is 24.3. The number of nitrogens with zero attached hydrogens (tertiary/aromatic N) is 2. The Labute approximate surface area is 197 Å². The Hall–Kier alpha value is -3.34. The lowest BCUT2D eigenvalue weighted by atomic mass is 9.98. The van der Waals surface area contributed by atoms with E-state index in [0.717, 1.165) is 21.8 Å². The molecule has 1 atom stereocenters. The van der Waals surface area contributed by atoms with E-state index in [4.69, 9.17) is 26.4 Å². The maximum absolute atomic E-state index is 12.7. The summed E-state index contributed by atoms with van der Waals surface area (Å²) in [6, 6.07) is 1.35. The zero-order valence-electron chi connectivity index (χ0n) is 19.3. The minimum Gasteiger partial charge on any atom is -0.492 e. The van der Waals surface area contributed by atoms with Gasteiger partial charge in [0.05, 0.1) is 7.11 Å². The number of carbonyl (C=O) groups is 3. The maximum Gasteiger partial charge on any atom is 0.333 e. The fourth-order valence-electron chi connectivity index (χ4n) is 3.45. The summed E-state index contributed by atoms with van der Waals surface area (Å²) in [6.07, 6.45) is 2.86. The van der Waals surface area contributed by atoms with Crippen LogP contribution in [0.5, 0.6) is 17.2 Å². The van der Waals surface area contributed by atoms with E-state index in [0.29, 0.717) is 40.9 Å². The van der Waals surface area contributed by atoms with Crippen LogP contribution in [-0.4, -0.2) is 73.3 Å². The number of imide groups is 2. The van der Waals surface area contributed by atoms with Crippen molar-refractivity contribution < 1.29 is 28.6 Å². The van der Waals surface area contributed by atoms with Gasteiger partial charge in [0.15, 0.2) is 16.6 Å². The van der Waals surface area contributed by atoms with Crippen molar-refractivity contribution in [2.75, 3.05) is 34.5 Å². The van der Waals surface area contributed by atoms with Crippen LogP contribution in [-0.2, 0) is 16.0 Å². The SMILES string of the molecule is CC[C@@H](C)NC(=S)NCCc1cc2c(c(OC)c1C=C1C(=O)N(C)C(=O)N(C)C1=O)OCO2. The number of carbonyl (C=O) groups excluding carboxylic acids is 3. The molecule has 3 rings (SSSR count). The van der Waals surface area contributed by atoms with Crippen molar-refractivity contribution in [2.24, 2.45) is 0 Å². The molecule has 2 aliphatic heterocycles. The van der Waals surface area contributed by atoms with Gasteiger partial charge >= 0.3 is 6.03 Å². The van der Waals surface area contributed by atoms with E-state index in [1.165, 1.54) is 27.3 Å². The number of rotatable bonds is 7. The predicted molar refractivity (Wildman–Crippen MR) is 125 cm³/mol. The van der Waals surface area contributed by atoms with Gasteiger partial charge in [-0.05, 0) is 49.7 Å². The van der Waals surface area contributed by atoms with Crippen molar-refractivity contribution in [3.63, 3.8) is 0 Å². The molecular formula is C22H28N4O6S. The second-order valence-corrected chi connectivity index (χ2v) is 8.15. The maximum atomic E-state index is 12.7. The molecule has 0 aromatic heterocycles. The van der Waals surface area contributed by atoms with Crippen LogP contribution in [0.2, 0.25) is 0 Å². The molecule has 0 radical (unpaired) electrons. The molecule has 178 valence electrons. The largest absolute Gasteiger partial charge is 0.492 e. The van der Waals surface area contributed by atoms with Crippen LogP contribution in [0.3, 0.4) is 0 Å². The van der Waals surface area contributed by atoms with E-state index in [1.54, 1.807) is 6.07 Å². The Morgan fingerprint density at radius 2 is 1.91 bits per heavy atom. The van der Waals surface area contributed by atoms with Gasteiger partial charge in [-0.25, -0.2) is 4.79 Å². The monoisotopic (exact) mass is 476 g/mol. The number of methoxy groups -OCH3 is 1. The van der Waals surface area contributed by atoms with E-state index < -0.39 is 17.8 Å². The van der Waals surface area contributed by atoms with Crippen LogP contribution in [0.25, 0.3) is 6.08 Å². The minimum absolute atomic E-state index is 0.0319. The summed E-state index contributed by atoms with van der Waals surface area (Å²) in [5.41, 5.74) is 1.10. The van der Waals surface area contributed by atoms with Gasteiger partial charge < -0.3 is 24.8 Å². The van der Waals surface area contributed by atoms with E-state index in [-0.39, 0.29) is 18.4 Å². The van der Waals surface area contributed by atoms with Crippen molar-refractivity contribution in [3.8, 4) is 17.2 Å². The molecule has 33 heavy (non-hydrogen) atoms.